The van der Waals surface area contributed by atoms with E-state index in [-0.39, 0.29) is 15.6 Å². The number of benzene rings is 2. The topological polar surface area (TPSA) is 111 Å². The highest BCUT2D eigenvalue weighted by atomic mass is 32.2. The summed E-state index contributed by atoms with van der Waals surface area (Å²) < 4.78 is 10.6. The highest BCUT2D eigenvalue weighted by Gasteiger charge is 2.34. The number of carbonyl (C=O) groups is 2. The number of thioether (sulfide) groups is 1. The average molecular weight is 445 g/mol. The van der Waals surface area contributed by atoms with E-state index in [2.05, 4.69) is 5.43 Å². The second kappa shape index (κ2) is 8.93. The predicted octanol–water partition coefficient (Wildman–Crippen LogP) is 3.16. The van der Waals surface area contributed by atoms with Gasteiger partial charge in [0.15, 0.2) is 15.8 Å². The Morgan fingerprint density at radius 1 is 1.20 bits per heavy atom. The van der Waals surface area contributed by atoms with Crippen molar-refractivity contribution in [2.75, 3.05) is 14.2 Å². The van der Waals surface area contributed by atoms with Crippen LogP contribution in [0.3, 0.4) is 0 Å². The molecular weight excluding hydrogens is 430 g/mol. The summed E-state index contributed by atoms with van der Waals surface area (Å²) in [6.07, 6.45) is 1.61. The molecule has 154 valence electrons. The Hall–Kier alpha value is -3.44. The number of hydrazine groups is 1. The second-order valence-corrected chi connectivity index (χ2v) is 7.56. The number of nitrogens with one attached hydrogen (secondary N) is 1. The van der Waals surface area contributed by atoms with E-state index >= 15 is 0 Å². The van der Waals surface area contributed by atoms with Crippen molar-refractivity contribution in [1.82, 2.24) is 10.4 Å². The van der Waals surface area contributed by atoms with Crippen LogP contribution in [0.2, 0.25) is 0 Å². The number of rotatable bonds is 6. The lowest BCUT2D eigenvalue weighted by molar-refractivity contribution is -0.384. The number of hydrogen-bond acceptors (Lipinski definition) is 8. The van der Waals surface area contributed by atoms with Crippen LogP contribution in [0.15, 0.2) is 47.4 Å². The highest BCUT2D eigenvalue weighted by Crippen LogP contribution is 2.34. The monoisotopic (exact) mass is 445 g/mol. The van der Waals surface area contributed by atoms with Gasteiger partial charge >= 0.3 is 0 Å². The number of hydrogen-bond donors (Lipinski definition) is 1. The molecule has 0 radical (unpaired) electrons. The minimum absolute atomic E-state index is 0.0297. The Morgan fingerprint density at radius 2 is 1.93 bits per heavy atom. The van der Waals surface area contributed by atoms with Crippen molar-refractivity contribution in [1.29, 1.82) is 0 Å². The third-order valence-electron chi connectivity index (χ3n) is 4.03. The van der Waals surface area contributed by atoms with Gasteiger partial charge in [0.05, 0.1) is 24.0 Å². The first-order valence-electron chi connectivity index (χ1n) is 8.39. The summed E-state index contributed by atoms with van der Waals surface area (Å²) in [5, 5.41) is 11.8. The molecule has 1 saturated heterocycles. The highest BCUT2D eigenvalue weighted by molar-refractivity contribution is 8.26. The van der Waals surface area contributed by atoms with Crippen LogP contribution < -0.4 is 14.9 Å². The summed E-state index contributed by atoms with van der Waals surface area (Å²) in [5.41, 5.74) is 2.87. The van der Waals surface area contributed by atoms with Gasteiger partial charge in [0.2, 0.25) is 0 Å². The molecule has 9 nitrogen and oxygen atoms in total. The number of methoxy groups -OCH3 is 2. The summed E-state index contributed by atoms with van der Waals surface area (Å²) >= 11 is 6.21. The average Bonchev–Trinajstić information content (AvgIpc) is 3.00. The van der Waals surface area contributed by atoms with Crippen molar-refractivity contribution in [3.05, 3.63) is 68.6 Å². The Labute approximate surface area is 180 Å². The molecule has 1 aliphatic heterocycles. The zero-order chi connectivity index (χ0) is 21.8. The molecule has 11 heteroatoms. The lowest BCUT2D eigenvalue weighted by Gasteiger charge is -2.15. The fourth-order valence-corrected chi connectivity index (χ4v) is 3.76. The normalized spacial score (nSPS) is 14.7. The second-order valence-electron chi connectivity index (χ2n) is 5.88. The van der Waals surface area contributed by atoms with Crippen molar-refractivity contribution in [3.63, 3.8) is 0 Å². The van der Waals surface area contributed by atoms with Crippen LogP contribution >= 0.6 is 24.0 Å². The van der Waals surface area contributed by atoms with E-state index in [1.165, 1.54) is 32.4 Å². The van der Waals surface area contributed by atoms with E-state index in [0.717, 1.165) is 22.8 Å². The van der Waals surface area contributed by atoms with Crippen LogP contribution in [0, 0.1) is 10.1 Å². The molecule has 0 atom stereocenters. The number of nitro groups is 1. The summed E-state index contributed by atoms with van der Waals surface area (Å²) in [7, 11) is 3.03. The van der Waals surface area contributed by atoms with E-state index in [1.54, 1.807) is 24.3 Å². The first kappa shape index (κ1) is 21.3. The molecular formula is C19H15N3O6S2. The minimum atomic E-state index is -0.692. The van der Waals surface area contributed by atoms with Gasteiger partial charge in [-0.3, -0.25) is 25.1 Å². The van der Waals surface area contributed by atoms with Gasteiger partial charge in [-0.2, -0.15) is 5.01 Å². The van der Waals surface area contributed by atoms with Crippen molar-refractivity contribution < 1.29 is 24.0 Å². The molecule has 1 heterocycles. The maximum absolute atomic E-state index is 12.7. The van der Waals surface area contributed by atoms with E-state index in [9.17, 15) is 19.7 Å². The molecule has 3 rings (SSSR count). The number of amides is 2. The predicted molar refractivity (Wildman–Crippen MR) is 115 cm³/mol. The largest absolute Gasteiger partial charge is 0.493 e. The Kier molecular flexibility index (Phi) is 6.33. The molecule has 0 saturated carbocycles. The SMILES string of the molecule is COc1ccc(/C=C2\SC(=S)N(NC(=O)c3cccc([N+](=O)[O-])c3)C2=O)cc1OC. The fraction of sp³-hybridized carbons (Fsp3) is 0.105. The van der Waals surface area contributed by atoms with Crippen LogP contribution in [0.25, 0.3) is 6.08 Å². The molecule has 0 unspecified atom stereocenters. The molecule has 2 aromatic carbocycles. The number of nitro benzene ring substituents is 1. The van der Waals surface area contributed by atoms with Gasteiger partial charge in [0.1, 0.15) is 0 Å². The number of nitrogens with zero attached hydrogens (tertiary/aromatic N) is 2. The molecule has 1 aliphatic rings. The number of ether oxygens (including phenoxy) is 2. The molecule has 0 bridgehead atoms. The smallest absolute Gasteiger partial charge is 0.285 e. The summed E-state index contributed by atoms with van der Waals surface area (Å²) in [6.45, 7) is 0. The maximum Gasteiger partial charge on any atom is 0.285 e. The van der Waals surface area contributed by atoms with Crippen LogP contribution in [0.5, 0.6) is 11.5 Å². The van der Waals surface area contributed by atoms with E-state index in [0.29, 0.717) is 22.0 Å². The minimum Gasteiger partial charge on any atom is -0.493 e. The molecule has 30 heavy (non-hydrogen) atoms. The van der Waals surface area contributed by atoms with E-state index < -0.39 is 16.7 Å². The molecule has 2 amide bonds. The van der Waals surface area contributed by atoms with Gasteiger partial charge < -0.3 is 9.47 Å². The zero-order valence-electron chi connectivity index (χ0n) is 15.8. The van der Waals surface area contributed by atoms with Gasteiger partial charge in [-0.15, -0.1) is 0 Å². The Bertz CT molecular complexity index is 1090. The van der Waals surface area contributed by atoms with Gasteiger partial charge in [0.25, 0.3) is 17.5 Å². The number of thiocarbonyl (C=S) groups is 1. The van der Waals surface area contributed by atoms with E-state index in [1.807, 2.05) is 0 Å². The number of non-ortho nitro benzene ring substituents is 1. The summed E-state index contributed by atoms with van der Waals surface area (Å²) in [4.78, 5) is 35.7. The van der Waals surface area contributed by atoms with Crippen molar-refractivity contribution in [2.45, 2.75) is 0 Å². The van der Waals surface area contributed by atoms with Gasteiger partial charge in [0, 0.05) is 17.7 Å². The first-order chi connectivity index (χ1) is 14.3. The summed E-state index contributed by atoms with van der Waals surface area (Å²) in [5.74, 6) is -0.159. The first-order valence-corrected chi connectivity index (χ1v) is 9.62. The molecule has 0 aromatic heterocycles. The molecule has 0 spiro atoms. The van der Waals surface area contributed by atoms with Gasteiger partial charge in [-0.25, -0.2) is 0 Å². The van der Waals surface area contributed by atoms with Crippen LogP contribution in [-0.2, 0) is 4.79 Å². The quantitative estimate of drug-likeness (QED) is 0.312. The third kappa shape index (κ3) is 4.42. The van der Waals surface area contributed by atoms with Crippen LogP contribution in [0.4, 0.5) is 5.69 Å². The van der Waals surface area contributed by atoms with Crippen LogP contribution in [0.1, 0.15) is 15.9 Å². The van der Waals surface area contributed by atoms with Crippen molar-refractivity contribution in [2.24, 2.45) is 0 Å². The fourth-order valence-electron chi connectivity index (χ4n) is 2.58. The number of carbonyl (C=O) groups excluding carboxylic acids is 2. The molecule has 1 fully saturated rings. The van der Waals surface area contributed by atoms with Gasteiger partial charge in [-0.05, 0) is 42.1 Å². The lowest BCUT2D eigenvalue weighted by Crippen LogP contribution is -2.44. The van der Waals surface area contributed by atoms with Crippen LogP contribution in [-0.4, -0.2) is 40.3 Å². The van der Waals surface area contributed by atoms with Gasteiger partial charge in [-0.1, -0.05) is 23.9 Å². The Morgan fingerprint density at radius 3 is 2.60 bits per heavy atom. The maximum atomic E-state index is 12.7. The zero-order valence-corrected chi connectivity index (χ0v) is 17.4. The standard InChI is InChI=1S/C19H15N3O6S2/c1-27-14-7-6-11(8-15(14)28-2)9-16-18(24)21(19(29)30-16)20-17(23)12-4-3-5-13(10-12)22(25)26/h3-10H,1-2H3,(H,20,23)/b16-9-. The van der Waals surface area contributed by atoms with E-state index in [4.69, 9.17) is 21.7 Å². The molecule has 2 aromatic rings. The third-order valence-corrected chi connectivity index (χ3v) is 5.33. The molecule has 1 N–H and O–H groups in total. The summed E-state index contributed by atoms with van der Waals surface area (Å²) in [6, 6.07) is 10.3. The Balaban J connectivity index is 1.79. The van der Waals surface area contributed by atoms with Crippen molar-refractivity contribution >= 4 is 51.9 Å². The lowest BCUT2D eigenvalue weighted by atomic mass is 10.2. The van der Waals surface area contributed by atoms with Crippen molar-refractivity contribution in [3.8, 4) is 11.5 Å². The molecule has 0 aliphatic carbocycles.